The van der Waals surface area contributed by atoms with E-state index in [0.717, 1.165) is 29.9 Å². The van der Waals surface area contributed by atoms with E-state index < -0.39 is 6.04 Å². The van der Waals surface area contributed by atoms with Gasteiger partial charge in [0.2, 0.25) is 5.88 Å². The number of carbonyl (C=O) groups excluding carboxylic acids is 1. The number of halogens is 2. The lowest BCUT2D eigenvalue weighted by Gasteiger charge is -2.21. The molecule has 5 rings (SSSR count). The van der Waals surface area contributed by atoms with Gasteiger partial charge in [0, 0.05) is 61.1 Å². The zero-order valence-electron chi connectivity index (χ0n) is 24.2. The summed E-state index contributed by atoms with van der Waals surface area (Å²) in [7, 11) is 5.43. The number of aromatic nitrogens is 3. The molecule has 2 aromatic carbocycles. The van der Waals surface area contributed by atoms with Gasteiger partial charge < -0.3 is 35.1 Å². The third-order valence-electron chi connectivity index (χ3n) is 7.62. The van der Waals surface area contributed by atoms with Gasteiger partial charge in [-0.2, -0.15) is 0 Å². The molecular weight excluding hydrogens is 591 g/mol. The first-order valence-electron chi connectivity index (χ1n) is 13.9. The highest BCUT2D eigenvalue weighted by molar-refractivity contribution is 6.39. The van der Waals surface area contributed by atoms with Crippen molar-refractivity contribution in [3.8, 4) is 28.3 Å². The summed E-state index contributed by atoms with van der Waals surface area (Å²) in [6, 6.07) is 14.2. The molecule has 1 aliphatic heterocycles. The second kappa shape index (κ2) is 13.4. The predicted molar refractivity (Wildman–Crippen MR) is 168 cm³/mol. The molecule has 0 atom stereocenters. The summed E-state index contributed by atoms with van der Waals surface area (Å²) in [4.78, 5) is 24.8. The van der Waals surface area contributed by atoms with Crippen molar-refractivity contribution in [3.63, 3.8) is 0 Å². The van der Waals surface area contributed by atoms with Gasteiger partial charge in [-0.3, -0.25) is 4.79 Å². The highest BCUT2D eigenvalue weighted by Crippen LogP contribution is 2.41. The number of likely N-dealkylation sites (N-methyl/N-ethyl adjacent to an activating group) is 1. The average Bonchev–Trinajstić information content (AvgIpc) is 3.34. The van der Waals surface area contributed by atoms with Gasteiger partial charge in [-0.05, 0) is 19.2 Å². The molecule has 1 aliphatic rings. The van der Waals surface area contributed by atoms with Gasteiger partial charge in [-0.15, -0.1) is 0 Å². The first-order chi connectivity index (χ1) is 20.7. The van der Waals surface area contributed by atoms with Crippen molar-refractivity contribution in [1.29, 1.82) is 0 Å². The Hall–Kier alpha value is -3.51. The number of aliphatic hydroxyl groups excluding tert-OH is 2. The Morgan fingerprint density at radius 2 is 1.70 bits per heavy atom. The van der Waals surface area contributed by atoms with Gasteiger partial charge in [-0.25, -0.2) is 9.97 Å². The molecule has 1 amide bonds. The second-order valence-electron chi connectivity index (χ2n) is 10.5. The van der Waals surface area contributed by atoms with Crippen LogP contribution in [0.1, 0.15) is 27.6 Å². The molecule has 0 aliphatic carbocycles. The van der Waals surface area contributed by atoms with Gasteiger partial charge >= 0.3 is 0 Å². The minimum Gasteiger partial charge on any atom is -0.481 e. The Morgan fingerprint density at radius 1 is 1.00 bits per heavy atom. The number of imidazole rings is 1. The summed E-state index contributed by atoms with van der Waals surface area (Å²) in [6.07, 6.45) is 0.835. The highest BCUT2D eigenvalue weighted by atomic mass is 35.5. The highest BCUT2D eigenvalue weighted by Gasteiger charge is 2.25. The fourth-order valence-electron chi connectivity index (χ4n) is 5.19. The normalized spacial score (nSPS) is 13.3. The van der Waals surface area contributed by atoms with Crippen molar-refractivity contribution in [3.05, 3.63) is 81.4 Å². The van der Waals surface area contributed by atoms with Gasteiger partial charge in [-0.1, -0.05) is 59.6 Å². The van der Waals surface area contributed by atoms with Crippen LogP contribution >= 0.6 is 23.2 Å². The molecule has 4 aromatic rings. The van der Waals surface area contributed by atoms with Crippen LogP contribution in [0.15, 0.2) is 48.5 Å². The second-order valence-corrected chi connectivity index (χ2v) is 11.2. The van der Waals surface area contributed by atoms with Gasteiger partial charge in [0.05, 0.1) is 53.5 Å². The first kappa shape index (κ1) is 30.9. The first-order valence-corrected chi connectivity index (χ1v) is 14.6. The number of hydrogen-bond donors (Lipinski definition) is 4. The van der Waals surface area contributed by atoms with Crippen LogP contribution in [0.25, 0.3) is 22.4 Å². The summed E-state index contributed by atoms with van der Waals surface area (Å²) in [5, 5.41) is 25.5. The molecule has 0 radical (unpaired) electrons. The Morgan fingerprint density at radius 3 is 2.42 bits per heavy atom. The van der Waals surface area contributed by atoms with Crippen LogP contribution in [0, 0.1) is 0 Å². The van der Waals surface area contributed by atoms with Crippen molar-refractivity contribution >= 4 is 34.8 Å². The van der Waals surface area contributed by atoms with Gasteiger partial charge in [0.25, 0.3) is 5.91 Å². The van der Waals surface area contributed by atoms with E-state index >= 15 is 0 Å². The molecule has 0 fully saturated rings. The fourth-order valence-corrected chi connectivity index (χ4v) is 5.79. The molecule has 3 heterocycles. The molecule has 4 N–H and O–H groups in total. The van der Waals surface area contributed by atoms with Crippen molar-refractivity contribution in [2.24, 2.45) is 7.05 Å². The number of methoxy groups -OCH3 is 1. The van der Waals surface area contributed by atoms with E-state index in [1.54, 1.807) is 6.07 Å². The summed E-state index contributed by atoms with van der Waals surface area (Å²) < 4.78 is 7.38. The number of nitrogens with one attached hydrogen (secondary N) is 2. The number of ether oxygens (including phenoxy) is 1. The van der Waals surface area contributed by atoms with E-state index in [2.05, 4.69) is 25.5 Å². The molecule has 226 valence electrons. The van der Waals surface area contributed by atoms with Crippen molar-refractivity contribution in [2.75, 3.05) is 39.2 Å². The largest absolute Gasteiger partial charge is 0.481 e. The number of pyridine rings is 1. The average molecular weight is 626 g/mol. The Bertz CT molecular complexity index is 1640. The number of amides is 1. The third-order valence-corrected chi connectivity index (χ3v) is 8.43. The number of hydrogen-bond acceptors (Lipinski definition) is 8. The number of aliphatic hydroxyl groups is 2. The van der Waals surface area contributed by atoms with Gasteiger partial charge in [0.15, 0.2) is 5.82 Å². The van der Waals surface area contributed by atoms with E-state index in [-0.39, 0.29) is 19.1 Å². The summed E-state index contributed by atoms with van der Waals surface area (Å²) in [5.41, 5.74) is 5.80. The fraction of sp³-hybridized carbons (Fsp3) is 0.323. The van der Waals surface area contributed by atoms with Crippen LogP contribution in [0.5, 0.6) is 5.88 Å². The number of fused-ring (bicyclic) bond motifs is 1. The SMILES string of the molecule is COc1nc(-c2cccc(-c3cccc(NC(=O)c4nc5c(n4C)CCN(C)C5)c3Cl)c2Cl)ccc1CNC(CO)CO. The number of benzene rings is 2. The quantitative estimate of drug-likeness (QED) is 0.207. The number of anilines is 1. The third kappa shape index (κ3) is 6.40. The number of carbonyl (C=O) groups is 1. The van der Waals surface area contributed by atoms with Crippen LogP contribution < -0.4 is 15.4 Å². The van der Waals surface area contributed by atoms with Crippen molar-refractivity contribution < 1.29 is 19.7 Å². The molecule has 0 saturated carbocycles. The van der Waals surface area contributed by atoms with E-state index in [9.17, 15) is 15.0 Å². The maximum Gasteiger partial charge on any atom is 0.291 e. The summed E-state index contributed by atoms with van der Waals surface area (Å²) in [6.45, 7) is 1.59. The maximum atomic E-state index is 13.3. The summed E-state index contributed by atoms with van der Waals surface area (Å²) >= 11 is 13.8. The van der Waals surface area contributed by atoms with Crippen LogP contribution in [0.4, 0.5) is 5.69 Å². The van der Waals surface area contributed by atoms with E-state index in [1.807, 2.05) is 61.1 Å². The lowest BCUT2D eigenvalue weighted by atomic mass is 10.00. The molecule has 0 spiro atoms. The molecular formula is C31H34Cl2N6O4. The Balaban J connectivity index is 1.42. The van der Waals surface area contributed by atoms with Crippen LogP contribution in [-0.4, -0.2) is 75.5 Å². The number of nitrogens with zero attached hydrogens (tertiary/aromatic N) is 4. The van der Waals surface area contributed by atoms with Crippen LogP contribution in [-0.2, 0) is 26.6 Å². The number of rotatable bonds is 10. The Kier molecular flexibility index (Phi) is 9.65. The van der Waals surface area contributed by atoms with E-state index in [1.165, 1.54) is 7.11 Å². The zero-order chi connectivity index (χ0) is 30.7. The smallest absolute Gasteiger partial charge is 0.291 e. The molecule has 0 unspecified atom stereocenters. The molecule has 43 heavy (non-hydrogen) atoms. The lowest BCUT2D eigenvalue weighted by Crippen LogP contribution is -2.35. The standard InChI is InChI=1S/C31H34Cl2N6O4/c1-38-13-12-26-25(15-38)35-29(39(26)2)30(42)36-24-9-5-7-21(28(24)33)20-6-4-8-22(27(20)32)23-11-10-18(31(37-23)43-3)14-34-19(16-40)17-41/h4-11,19,34,40-41H,12-17H2,1-3H3,(H,36,42). The van der Waals surface area contributed by atoms with E-state index in [0.29, 0.717) is 62.9 Å². The maximum absolute atomic E-state index is 13.3. The topological polar surface area (TPSA) is 125 Å². The Labute approximate surface area is 260 Å². The van der Waals surface area contributed by atoms with Gasteiger partial charge in [0.1, 0.15) is 0 Å². The minimum absolute atomic E-state index is 0.192. The monoisotopic (exact) mass is 624 g/mol. The predicted octanol–water partition coefficient (Wildman–Crippen LogP) is 4.15. The molecule has 12 heteroatoms. The van der Waals surface area contributed by atoms with Crippen molar-refractivity contribution in [1.82, 2.24) is 24.8 Å². The molecule has 0 saturated heterocycles. The van der Waals surface area contributed by atoms with Crippen molar-refractivity contribution in [2.45, 2.75) is 25.6 Å². The lowest BCUT2D eigenvalue weighted by molar-refractivity contribution is 0.101. The van der Waals surface area contributed by atoms with E-state index in [4.69, 9.17) is 27.9 Å². The van der Waals surface area contributed by atoms with Crippen LogP contribution in [0.3, 0.4) is 0 Å². The zero-order valence-corrected chi connectivity index (χ0v) is 25.7. The summed E-state index contributed by atoms with van der Waals surface area (Å²) in [5.74, 6) is 0.392. The molecule has 10 nitrogen and oxygen atoms in total. The molecule has 2 aromatic heterocycles. The molecule has 0 bridgehead atoms. The van der Waals surface area contributed by atoms with Crippen LogP contribution in [0.2, 0.25) is 10.0 Å². The minimum atomic E-state index is -0.447.